The quantitative estimate of drug-likeness (QED) is 0.189. The number of hydrogen-bond acceptors (Lipinski definition) is 4. The largest absolute Gasteiger partial charge is 1.00 e. The Kier molecular flexibility index (Phi) is 18.3. The summed E-state index contributed by atoms with van der Waals surface area (Å²) in [6.45, 7) is 6.12. The monoisotopic (exact) mass is 462 g/mol. The van der Waals surface area contributed by atoms with Crippen molar-refractivity contribution in [3.63, 3.8) is 0 Å². The summed E-state index contributed by atoms with van der Waals surface area (Å²) in [7, 11) is -4.30. The molecule has 1 rings (SSSR count). The van der Waals surface area contributed by atoms with E-state index in [0.29, 0.717) is 0 Å². The molecule has 6 heteroatoms. The molecule has 4 nitrogen and oxygen atoms in total. The molecule has 0 radical (unpaired) electrons. The van der Waals surface area contributed by atoms with Gasteiger partial charge in [0.05, 0.1) is 15.9 Å². The third-order valence-corrected chi connectivity index (χ3v) is 6.41. The minimum absolute atomic E-state index is 0. The van der Waals surface area contributed by atoms with Crippen molar-refractivity contribution in [1.82, 2.24) is 0 Å². The van der Waals surface area contributed by atoms with E-state index in [1.54, 1.807) is 6.92 Å². The summed E-state index contributed by atoms with van der Waals surface area (Å²) in [6.07, 6.45) is 16.0. The molecule has 1 unspecified atom stereocenters. The van der Waals surface area contributed by atoms with Crippen LogP contribution < -0.4 is 34.3 Å². The number of para-hydroxylation sites is 1. The zero-order valence-electron chi connectivity index (χ0n) is 20.5. The first-order valence-electron chi connectivity index (χ1n) is 12.1. The zero-order chi connectivity index (χ0) is 22.2. The van der Waals surface area contributed by atoms with E-state index in [4.69, 9.17) is 4.74 Å². The van der Waals surface area contributed by atoms with Crippen LogP contribution in [0, 0.1) is 0 Å². The minimum atomic E-state index is -4.30. The van der Waals surface area contributed by atoms with Gasteiger partial charge in [-0.2, -0.15) is 0 Å². The Hall–Kier alpha value is -0.0700. The predicted molar refractivity (Wildman–Crippen MR) is 125 cm³/mol. The Labute approximate surface area is 214 Å². The van der Waals surface area contributed by atoms with E-state index in [-0.39, 0.29) is 29.6 Å². The first-order valence-corrected chi connectivity index (χ1v) is 13.7. The molecule has 0 aliphatic carbocycles. The van der Waals surface area contributed by atoms with Gasteiger partial charge in [-0.1, -0.05) is 96.3 Å². The summed E-state index contributed by atoms with van der Waals surface area (Å²) in [5.74, 6) is 0.324. The average Bonchev–Trinajstić information content (AvgIpc) is 2.67. The van der Waals surface area contributed by atoms with Crippen LogP contribution in [0.5, 0.6) is 5.75 Å². The van der Waals surface area contributed by atoms with Gasteiger partial charge in [0.25, 0.3) is 0 Å². The smallest absolute Gasteiger partial charge is 0.748 e. The fourth-order valence-electron chi connectivity index (χ4n) is 3.90. The molecule has 0 aromatic heterocycles. The maximum atomic E-state index is 11.2. The summed E-state index contributed by atoms with van der Waals surface area (Å²) in [5.41, 5.74) is 2.29. The second-order valence-electron chi connectivity index (χ2n) is 8.59. The van der Waals surface area contributed by atoms with Crippen molar-refractivity contribution in [2.45, 2.75) is 117 Å². The maximum Gasteiger partial charge on any atom is 1.00 e. The van der Waals surface area contributed by atoms with Crippen molar-refractivity contribution in [3.8, 4) is 5.75 Å². The third kappa shape index (κ3) is 15.4. The van der Waals surface area contributed by atoms with Crippen LogP contribution in [0.4, 0.5) is 0 Å². The van der Waals surface area contributed by atoms with Crippen molar-refractivity contribution < 1.29 is 47.3 Å². The Balaban J connectivity index is 0.00000900. The van der Waals surface area contributed by atoms with Crippen LogP contribution in [-0.4, -0.2) is 24.8 Å². The van der Waals surface area contributed by atoms with E-state index in [1.807, 2.05) is 0 Å². The Morgan fingerprint density at radius 3 is 1.65 bits per heavy atom. The van der Waals surface area contributed by atoms with Crippen LogP contribution in [-0.2, 0) is 23.0 Å². The van der Waals surface area contributed by atoms with Gasteiger partial charge in [0.15, 0.2) is 0 Å². The van der Waals surface area contributed by atoms with E-state index in [1.165, 1.54) is 64.2 Å². The predicted octanol–water partition coefficient (Wildman–Crippen LogP) is 3.81. The second kappa shape index (κ2) is 18.4. The molecule has 0 aliphatic rings. The molecule has 0 heterocycles. The Morgan fingerprint density at radius 1 is 0.806 bits per heavy atom. The van der Waals surface area contributed by atoms with Gasteiger partial charge in [-0.15, -0.1) is 0 Å². The van der Waals surface area contributed by atoms with E-state index >= 15 is 0 Å². The summed E-state index contributed by atoms with van der Waals surface area (Å²) in [6, 6.07) is 6.26. The van der Waals surface area contributed by atoms with Crippen molar-refractivity contribution in [3.05, 3.63) is 29.3 Å². The van der Waals surface area contributed by atoms with E-state index in [2.05, 4.69) is 32.0 Å². The zero-order valence-corrected chi connectivity index (χ0v) is 23.3. The first kappa shape index (κ1) is 30.9. The van der Waals surface area contributed by atoms with E-state index in [0.717, 1.165) is 42.6 Å². The van der Waals surface area contributed by atoms with Gasteiger partial charge in [-0.3, -0.25) is 0 Å². The van der Waals surface area contributed by atoms with Crippen LogP contribution in [0.1, 0.15) is 109 Å². The molecule has 31 heavy (non-hydrogen) atoms. The first-order chi connectivity index (χ1) is 14.4. The van der Waals surface area contributed by atoms with Gasteiger partial charge < -0.3 is 9.29 Å². The number of ether oxygens (including phenoxy) is 1. The molecule has 1 aromatic rings. The van der Waals surface area contributed by atoms with Crippen molar-refractivity contribution in [2.24, 2.45) is 0 Å². The normalized spacial score (nSPS) is 12.4. The molecule has 0 saturated carbocycles. The van der Waals surface area contributed by atoms with Crippen LogP contribution >= 0.6 is 0 Å². The minimum Gasteiger partial charge on any atom is -0.748 e. The second-order valence-corrected chi connectivity index (χ2v) is 10.0. The SMILES string of the molecule is CCCCCCCCc1cccc(CCCCCCCC)c1OC(C)CS(=O)(=O)[O-].[Na+]. The summed E-state index contributed by atoms with van der Waals surface area (Å²) < 4.78 is 39.5. The number of benzene rings is 1. The fourth-order valence-corrected chi connectivity index (χ4v) is 4.54. The van der Waals surface area contributed by atoms with Crippen LogP contribution in [0.25, 0.3) is 0 Å². The van der Waals surface area contributed by atoms with Crippen molar-refractivity contribution >= 4 is 10.1 Å². The standard InChI is InChI=1S/C25H44O4S.Na/c1-4-6-8-10-12-14-17-23-19-16-20-24(18-15-13-11-9-7-5-2)25(23)29-22(3)21-30(26,27)28;/h16,19-20,22H,4-15,17-18,21H2,1-3H3,(H,26,27,28);/q;+1/p-1. The topological polar surface area (TPSA) is 66.4 Å². The molecule has 174 valence electrons. The molecule has 1 atom stereocenters. The van der Waals surface area contributed by atoms with Crippen LogP contribution in [0.3, 0.4) is 0 Å². The molecular formula is C25H43NaO4S. The Morgan fingerprint density at radius 2 is 1.23 bits per heavy atom. The average molecular weight is 463 g/mol. The molecule has 0 spiro atoms. The van der Waals surface area contributed by atoms with E-state index in [9.17, 15) is 13.0 Å². The summed E-state index contributed by atoms with van der Waals surface area (Å²) >= 11 is 0. The molecule has 1 aromatic carbocycles. The molecular weight excluding hydrogens is 419 g/mol. The van der Waals surface area contributed by atoms with Crippen LogP contribution in [0.2, 0.25) is 0 Å². The molecule has 0 amide bonds. The number of rotatable bonds is 18. The van der Waals surface area contributed by atoms with Gasteiger partial charge in [0, 0.05) is 0 Å². The summed E-state index contributed by atoms with van der Waals surface area (Å²) in [5, 5.41) is 0. The van der Waals surface area contributed by atoms with Crippen molar-refractivity contribution in [1.29, 1.82) is 0 Å². The van der Waals surface area contributed by atoms with E-state index < -0.39 is 22.0 Å². The molecule has 0 N–H and O–H groups in total. The molecule has 0 aliphatic heterocycles. The Bertz CT molecular complexity index is 642. The third-order valence-electron chi connectivity index (χ3n) is 5.54. The van der Waals surface area contributed by atoms with Crippen LogP contribution in [0.15, 0.2) is 18.2 Å². The molecule has 0 fully saturated rings. The van der Waals surface area contributed by atoms with Crippen molar-refractivity contribution in [2.75, 3.05) is 5.75 Å². The van der Waals surface area contributed by atoms with Gasteiger partial charge in [0.1, 0.15) is 11.9 Å². The number of hydrogen-bond donors (Lipinski definition) is 0. The maximum absolute atomic E-state index is 11.2. The van der Waals surface area contributed by atoms with Gasteiger partial charge >= 0.3 is 29.6 Å². The molecule has 0 saturated heterocycles. The van der Waals surface area contributed by atoms with Gasteiger partial charge in [-0.25, -0.2) is 8.42 Å². The number of unbranched alkanes of at least 4 members (excludes halogenated alkanes) is 10. The van der Waals surface area contributed by atoms with Gasteiger partial charge in [0.2, 0.25) is 0 Å². The number of aryl methyl sites for hydroxylation is 2. The summed E-state index contributed by atoms with van der Waals surface area (Å²) in [4.78, 5) is 0. The molecule has 0 bridgehead atoms. The van der Waals surface area contributed by atoms with Gasteiger partial charge in [-0.05, 0) is 43.7 Å². The fraction of sp³-hybridized carbons (Fsp3) is 0.760.